The molecule has 3 aromatic rings. The van der Waals surface area contributed by atoms with Gasteiger partial charge in [0.1, 0.15) is 11.5 Å². The van der Waals surface area contributed by atoms with Crippen molar-refractivity contribution in [2.75, 3.05) is 13.1 Å². The van der Waals surface area contributed by atoms with Crippen molar-refractivity contribution in [1.82, 2.24) is 20.0 Å². The second kappa shape index (κ2) is 17.6. The molecule has 3 heterocycles. The fourth-order valence-corrected chi connectivity index (χ4v) is 3.32. The molecule has 1 unspecified atom stereocenters. The Hall–Kier alpha value is -3.80. The van der Waals surface area contributed by atoms with E-state index in [-0.39, 0.29) is 24.4 Å². The minimum absolute atomic E-state index is 0.0371. The Balaban J connectivity index is 0.000000356. The van der Waals surface area contributed by atoms with Crippen LogP contribution in [0.2, 0.25) is 0 Å². The normalized spacial score (nSPS) is 12.6. The molecular weight excluding hydrogens is 491 g/mol. The lowest BCUT2D eigenvalue weighted by molar-refractivity contribution is -0.130. The van der Waals surface area contributed by atoms with E-state index in [1.165, 1.54) is 6.39 Å². The standard InChI is InChI=1S/C15H19F3N2O.C7H5N3O.C2H6.CH2O2/c16-12-9-14(18)13(17)8-10(12)7-11(19)3-4-15(21)20-5-1-2-6-20;1-2-4-8-6(3-1)7-9-5-11-10-7;1-2;2-1-3/h8-9,11H,1-7,19H2;1-5H;1-2H3;1H,(H,2,3). The molecule has 9 nitrogen and oxygen atoms in total. The fraction of sp³-hybridized carbons (Fsp3) is 0.400. The Morgan fingerprint density at radius 1 is 1.14 bits per heavy atom. The average molecular weight is 524 g/mol. The zero-order chi connectivity index (χ0) is 27.6. The highest BCUT2D eigenvalue weighted by Crippen LogP contribution is 2.17. The van der Waals surface area contributed by atoms with Gasteiger partial charge < -0.3 is 20.3 Å². The molecular formula is C25H32F3N5O4. The van der Waals surface area contributed by atoms with E-state index in [0.717, 1.165) is 37.7 Å². The van der Waals surface area contributed by atoms with Crippen LogP contribution in [0.25, 0.3) is 11.5 Å². The number of nitrogens with two attached hydrogens (primary N) is 1. The third-order valence-corrected chi connectivity index (χ3v) is 5.01. The minimum atomic E-state index is -1.21. The Bertz CT molecular complexity index is 1050. The second-order valence-corrected chi connectivity index (χ2v) is 7.52. The zero-order valence-electron chi connectivity index (χ0n) is 20.8. The van der Waals surface area contributed by atoms with E-state index < -0.39 is 23.5 Å². The SMILES string of the molecule is CC.NC(CCC(=O)N1CCCC1)Cc1cc(F)c(F)cc1F.O=CO.c1ccc(-c2ncon2)nc1. The number of carbonyl (C=O) groups excluding carboxylic acids is 1. The topological polar surface area (TPSA) is 135 Å². The lowest BCUT2D eigenvalue weighted by atomic mass is 10.0. The number of carboxylic acid groups (broad SMARTS) is 1. The van der Waals surface area contributed by atoms with Crippen LogP contribution in [0.5, 0.6) is 0 Å². The molecule has 37 heavy (non-hydrogen) atoms. The van der Waals surface area contributed by atoms with Crippen molar-refractivity contribution in [2.24, 2.45) is 5.73 Å². The summed E-state index contributed by atoms with van der Waals surface area (Å²) in [6, 6.07) is 6.42. The van der Waals surface area contributed by atoms with Crippen LogP contribution in [0.15, 0.2) is 47.4 Å². The van der Waals surface area contributed by atoms with Gasteiger partial charge in [-0.05, 0) is 49.4 Å². The number of halogens is 3. The van der Waals surface area contributed by atoms with E-state index in [1.54, 1.807) is 11.1 Å². The number of nitrogens with zero attached hydrogens (tertiary/aromatic N) is 4. The fourth-order valence-electron chi connectivity index (χ4n) is 3.32. The average Bonchev–Trinajstić information content (AvgIpc) is 3.64. The molecule has 0 bridgehead atoms. The smallest absolute Gasteiger partial charge is 0.290 e. The van der Waals surface area contributed by atoms with Crippen molar-refractivity contribution in [3.05, 3.63) is 65.9 Å². The summed E-state index contributed by atoms with van der Waals surface area (Å²) in [5.41, 5.74) is 6.62. The van der Waals surface area contributed by atoms with Gasteiger partial charge in [0, 0.05) is 37.8 Å². The highest BCUT2D eigenvalue weighted by Gasteiger charge is 2.19. The van der Waals surface area contributed by atoms with Gasteiger partial charge in [0.25, 0.3) is 6.47 Å². The maximum atomic E-state index is 13.5. The van der Waals surface area contributed by atoms with E-state index in [1.807, 2.05) is 32.0 Å². The predicted octanol–water partition coefficient (Wildman–Crippen LogP) is 4.23. The number of benzene rings is 1. The summed E-state index contributed by atoms with van der Waals surface area (Å²) in [4.78, 5) is 29.9. The Morgan fingerprint density at radius 3 is 2.35 bits per heavy atom. The first-order valence-electron chi connectivity index (χ1n) is 11.8. The number of hydrogen-bond acceptors (Lipinski definition) is 7. The molecule has 1 saturated heterocycles. The number of rotatable bonds is 6. The molecule has 12 heteroatoms. The van der Waals surface area contributed by atoms with Gasteiger partial charge in [0.2, 0.25) is 18.1 Å². The van der Waals surface area contributed by atoms with Gasteiger partial charge in [-0.3, -0.25) is 14.6 Å². The Morgan fingerprint density at radius 2 is 1.78 bits per heavy atom. The van der Waals surface area contributed by atoms with Crippen LogP contribution in [0, 0.1) is 17.5 Å². The number of pyridine rings is 1. The van der Waals surface area contributed by atoms with E-state index in [2.05, 4.69) is 19.6 Å². The molecule has 0 saturated carbocycles. The summed E-state index contributed by atoms with van der Waals surface area (Å²) in [7, 11) is 0. The number of carbonyl (C=O) groups is 2. The summed E-state index contributed by atoms with van der Waals surface area (Å²) < 4.78 is 44.0. The molecule has 0 aliphatic carbocycles. The molecule has 3 N–H and O–H groups in total. The molecule has 1 amide bonds. The number of amides is 1. The molecule has 4 rings (SSSR count). The largest absolute Gasteiger partial charge is 0.483 e. The van der Waals surface area contributed by atoms with Gasteiger partial charge in [0.05, 0.1) is 0 Å². The molecule has 1 aromatic carbocycles. The summed E-state index contributed by atoms with van der Waals surface area (Å²) in [5, 5.41) is 10.5. The molecule has 0 radical (unpaired) electrons. The molecule has 1 fully saturated rings. The molecule has 1 aliphatic heterocycles. The van der Waals surface area contributed by atoms with Crippen LogP contribution in [-0.2, 0) is 16.0 Å². The number of hydrogen-bond donors (Lipinski definition) is 2. The van der Waals surface area contributed by atoms with Crippen LogP contribution < -0.4 is 5.73 Å². The Labute approximate surface area is 213 Å². The van der Waals surface area contributed by atoms with Crippen molar-refractivity contribution in [3.63, 3.8) is 0 Å². The maximum absolute atomic E-state index is 13.5. The summed E-state index contributed by atoms with van der Waals surface area (Å²) in [6.07, 6.45) is 5.79. The van der Waals surface area contributed by atoms with Gasteiger partial charge in [-0.2, -0.15) is 4.98 Å². The van der Waals surface area contributed by atoms with E-state index in [9.17, 15) is 18.0 Å². The third-order valence-electron chi connectivity index (χ3n) is 5.01. The summed E-state index contributed by atoms with van der Waals surface area (Å²) in [6.45, 7) is 5.32. The van der Waals surface area contributed by atoms with Crippen molar-refractivity contribution in [1.29, 1.82) is 0 Å². The van der Waals surface area contributed by atoms with Crippen molar-refractivity contribution >= 4 is 12.4 Å². The van der Waals surface area contributed by atoms with Crippen molar-refractivity contribution in [2.45, 2.75) is 52.0 Å². The lowest BCUT2D eigenvalue weighted by Gasteiger charge is -2.17. The van der Waals surface area contributed by atoms with Crippen LogP contribution >= 0.6 is 0 Å². The summed E-state index contributed by atoms with van der Waals surface area (Å²) >= 11 is 0. The van der Waals surface area contributed by atoms with Crippen molar-refractivity contribution in [3.8, 4) is 11.5 Å². The molecule has 2 aromatic heterocycles. The first-order chi connectivity index (χ1) is 17.8. The monoisotopic (exact) mass is 523 g/mol. The van der Waals surface area contributed by atoms with Crippen LogP contribution in [0.1, 0.15) is 45.1 Å². The lowest BCUT2D eigenvalue weighted by Crippen LogP contribution is -2.30. The predicted molar refractivity (Wildman–Crippen MR) is 131 cm³/mol. The van der Waals surface area contributed by atoms with Crippen LogP contribution in [0.3, 0.4) is 0 Å². The Kier molecular flexibility index (Phi) is 14.9. The van der Waals surface area contributed by atoms with Gasteiger partial charge in [0.15, 0.2) is 11.6 Å². The third kappa shape index (κ3) is 11.2. The van der Waals surface area contributed by atoms with Crippen LogP contribution in [-0.4, -0.2) is 56.6 Å². The van der Waals surface area contributed by atoms with E-state index in [0.29, 0.717) is 24.7 Å². The molecule has 1 aliphatic rings. The number of aromatic nitrogens is 3. The molecule has 1 atom stereocenters. The van der Waals surface area contributed by atoms with E-state index >= 15 is 0 Å². The first kappa shape index (κ1) is 31.2. The van der Waals surface area contributed by atoms with Gasteiger partial charge >= 0.3 is 0 Å². The van der Waals surface area contributed by atoms with Crippen LogP contribution in [0.4, 0.5) is 13.2 Å². The maximum Gasteiger partial charge on any atom is 0.290 e. The van der Waals surface area contributed by atoms with Crippen molar-refractivity contribution < 1.29 is 32.4 Å². The summed E-state index contributed by atoms with van der Waals surface area (Å²) in [5.74, 6) is -2.55. The van der Waals surface area contributed by atoms with Gasteiger partial charge in [-0.25, -0.2) is 13.2 Å². The van der Waals surface area contributed by atoms with Gasteiger partial charge in [-0.15, -0.1) is 0 Å². The quantitative estimate of drug-likeness (QED) is 0.362. The van der Waals surface area contributed by atoms with E-state index in [4.69, 9.17) is 15.6 Å². The highest BCUT2D eigenvalue weighted by atomic mass is 19.2. The molecule has 0 spiro atoms. The minimum Gasteiger partial charge on any atom is -0.483 e. The second-order valence-electron chi connectivity index (χ2n) is 7.52. The van der Waals surface area contributed by atoms with Gasteiger partial charge in [-0.1, -0.05) is 25.1 Å². The zero-order valence-corrected chi connectivity index (χ0v) is 20.8. The molecule has 202 valence electrons. The highest BCUT2D eigenvalue weighted by molar-refractivity contribution is 5.76. The first-order valence-corrected chi connectivity index (χ1v) is 11.8. The number of likely N-dealkylation sites (tertiary alicyclic amines) is 1.